The van der Waals surface area contributed by atoms with Gasteiger partial charge in [-0.15, -0.1) is 0 Å². The van der Waals surface area contributed by atoms with Crippen molar-refractivity contribution < 1.29 is 22.4 Å². The highest BCUT2D eigenvalue weighted by atomic mass is 32.2. The van der Waals surface area contributed by atoms with E-state index in [9.17, 15) is 13.2 Å². The molecule has 2 N–H and O–H groups in total. The Balaban J connectivity index is 1.46. The number of carbonyl (C=O) groups is 1. The van der Waals surface area contributed by atoms with Crippen molar-refractivity contribution in [3.8, 4) is 5.75 Å². The van der Waals surface area contributed by atoms with Crippen molar-refractivity contribution >= 4 is 44.5 Å². The van der Waals surface area contributed by atoms with Crippen molar-refractivity contribution in [2.24, 2.45) is 0 Å². The summed E-state index contributed by atoms with van der Waals surface area (Å²) in [7, 11) is -2.27. The number of benzene rings is 2. The first-order chi connectivity index (χ1) is 15.3. The molecule has 0 aliphatic heterocycles. The third-order valence-electron chi connectivity index (χ3n) is 5.34. The van der Waals surface area contributed by atoms with E-state index in [1.54, 1.807) is 44.4 Å². The number of oxazole rings is 1. The molecule has 1 aliphatic rings. The molecule has 0 radical (unpaired) electrons. The zero-order valence-corrected chi connectivity index (χ0v) is 19.5. The van der Waals surface area contributed by atoms with Crippen molar-refractivity contribution in [3.63, 3.8) is 0 Å². The number of thioether (sulfide) groups is 1. The van der Waals surface area contributed by atoms with Gasteiger partial charge in [0.2, 0.25) is 5.91 Å². The van der Waals surface area contributed by atoms with Gasteiger partial charge in [0.15, 0.2) is 5.58 Å². The summed E-state index contributed by atoms with van der Waals surface area (Å²) in [6.45, 7) is 1.80. The molecule has 1 amide bonds. The number of carbonyl (C=O) groups excluding carboxylic acids is 1. The van der Waals surface area contributed by atoms with Crippen molar-refractivity contribution in [2.75, 3.05) is 11.8 Å². The van der Waals surface area contributed by atoms with Crippen LogP contribution in [0.2, 0.25) is 0 Å². The summed E-state index contributed by atoms with van der Waals surface area (Å²) in [5.41, 5.74) is 1.29. The number of fused-ring (bicyclic) bond motifs is 1. The second-order valence-electron chi connectivity index (χ2n) is 7.69. The fourth-order valence-corrected chi connectivity index (χ4v) is 5.41. The third-order valence-corrected chi connectivity index (χ3v) is 7.66. The smallest absolute Gasteiger partial charge is 0.261 e. The van der Waals surface area contributed by atoms with Gasteiger partial charge in [-0.05, 0) is 62.2 Å². The number of nitrogens with zero attached hydrogens (tertiary/aromatic N) is 1. The maximum Gasteiger partial charge on any atom is 0.261 e. The van der Waals surface area contributed by atoms with Crippen LogP contribution in [-0.4, -0.2) is 37.7 Å². The second kappa shape index (κ2) is 9.41. The van der Waals surface area contributed by atoms with Crippen LogP contribution in [0.15, 0.2) is 57.0 Å². The highest BCUT2D eigenvalue weighted by Crippen LogP contribution is 2.29. The number of hydrogen-bond donors (Lipinski definition) is 2. The van der Waals surface area contributed by atoms with Crippen molar-refractivity contribution in [1.29, 1.82) is 0 Å². The van der Waals surface area contributed by atoms with Gasteiger partial charge in [-0.1, -0.05) is 24.6 Å². The topological polar surface area (TPSA) is 111 Å². The quantitative estimate of drug-likeness (QED) is 0.470. The number of nitrogens with one attached hydrogen (secondary N) is 2. The van der Waals surface area contributed by atoms with Gasteiger partial charge in [-0.3, -0.25) is 9.52 Å². The zero-order chi connectivity index (χ0) is 22.7. The minimum Gasteiger partial charge on any atom is -0.497 e. The average molecular weight is 476 g/mol. The summed E-state index contributed by atoms with van der Waals surface area (Å²) in [4.78, 5) is 16.9. The lowest BCUT2D eigenvalue weighted by molar-refractivity contribution is -0.120. The average Bonchev–Trinajstić information content (AvgIpc) is 3.42. The van der Waals surface area contributed by atoms with Gasteiger partial charge in [0.1, 0.15) is 11.3 Å². The molecule has 170 valence electrons. The Labute approximate surface area is 191 Å². The normalized spacial score (nSPS) is 15.6. The van der Waals surface area contributed by atoms with E-state index >= 15 is 0 Å². The fourth-order valence-electron chi connectivity index (χ4n) is 3.57. The Bertz CT molecular complexity index is 1200. The predicted octanol–water partition coefficient (Wildman–Crippen LogP) is 4.18. The van der Waals surface area contributed by atoms with E-state index in [2.05, 4.69) is 15.0 Å². The molecule has 10 heteroatoms. The van der Waals surface area contributed by atoms with Gasteiger partial charge in [-0.25, -0.2) is 13.4 Å². The van der Waals surface area contributed by atoms with Crippen LogP contribution in [0.3, 0.4) is 0 Å². The number of anilines is 1. The minimum atomic E-state index is -3.81. The molecule has 0 bridgehead atoms. The summed E-state index contributed by atoms with van der Waals surface area (Å²) in [5.74, 6) is 0.587. The number of ether oxygens (including phenoxy) is 1. The molecular weight excluding hydrogens is 450 g/mol. The monoisotopic (exact) mass is 475 g/mol. The molecular formula is C22H25N3O5S2. The second-order valence-corrected chi connectivity index (χ2v) is 10.7. The van der Waals surface area contributed by atoms with Crippen LogP contribution in [0.1, 0.15) is 32.6 Å². The summed E-state index contributed by atoms with van der Waals surface area (Å²) in [6.07, 6.45) is 4.34. The molecule has 3 aromatic rings. The van der Waals surface area contributed by atoms with Crippen molar-refractivity contribution in [1.82, 2.24) is 10.3 Å². The Morgan fingerprint density at radius 1 is 1.19 bits per heavy atom. The number of amides is 1. The molecule has 32 heavy (non-hydrogen) atoms. The first kappa shape index (κ1) is 22.5. The minimum absolute atomic E-state index is 0.0453. The molecule has 8 nitrogen and oxygen atoms in total. The largest absolute Gasteiger partial charge is 0.497 e. The van der Waals surface area contributed by atoms with Crippen LogP contribution in [-0.2, 0) is 14.8 Å². The maximum atomic E-state index is 12.8. The Morgan fingerprint density at radius 2 is 1.91 bits per heavy atom. The molecule has 1 saturated carbocycles. The first-order valence-electron chi connectivity index (χ1n) is 10.4. The van der Waals surface area contributed by atoms with E-state index in [1.807, 2.05) is 0 Å². The Morgan fingerprint density at radius 3 is 2.59 bits per heavy atom. The molecule has 1 heterocycles. The summed E-state index contributed by atoms with van der Waals surface area (Å²) >= 11 is 1.21. The zero-order valence-electron chi connectivity index (χ0n) is 17.8. The van der Waals surface area contributed by atoms with Crippen LogP contribution < -0.4 is 14.8 Å². The first-order valence-corrected chi connectivity index (χ1v) is 12.7. The third kappa shape index (κ3) is 5.18. The van der Waals surface area contributed by atoms with Crippen molar-refractivity contribution in [3.05, 3.63) is 42.5 Å². The molecule has 1 aliphatic carbocycles. The van der Waals surface area contributed by atoms with Crippen LogP contribution in [0.4, 0.5) is 5.69 Å². The lowest BCUT2D eigenvalue weighted by Crippen LogP contribution is -2.37. The highest BCUT2D eigenvalue weighted by Gasteiger charge is 2.23. The van der Waals surface area contributed by atoms with E-state index in [-0.39, 0.29) is 22.1 Å². The molecule has 1 fully saturated rings. The van der Waals surface area contributed by atoms with Gasteiger partial charge in [0, 0.05) is 11.7 Å². The summed E-state index contributed by atoms with van der Waals surface area (Å²) < 4.78 is 38.9. The van der Waals surface area contributed by atoms with E-state index in [4.69, 9.17) is 9.15 Å². The molecule has 0 unspecified atom stereocenters. The lowest BCUT2D eigenvalue weighted by Gasteiger charge is -2.15. The van der Waals surface area contributed by atoms with Crippen LogP contribution in [0, 0.1) is 0 Å². The standard InChI is InChI=1S/C22H25N3O5S2/c1-14(21(26)23-15-5-3-4-6-15)31-22-24-19-13-18(11-12-20(19)30-22)32(27,28)25-16-7-9-17(29-2)10-8-16/h7-15,25H,3-6H2,1-2H3,(H,23,26)/t14-/m0/s1. The van der Waals surface area contributed by atoms with Gasteiger partial charge >= 0.3 is 0 Å². The predicted molar refractivity (Wildman–Crippen MR) is 124 cm³/mol. The van der Waals surface area contributed by atoms with Gasteiger partial charge < -0.3 is 14.5 Å². The van der Waals surface area contributed by atoms with Crippen molar-refractivity contribution in [2.45, 2.75) is 54.0 Å². The van der Waals surface area contributed by atoms with Crippen LogP contribution in [0.25, 0.3) is 11.1 Å². The number of aromatic nitrogens is 1. The Hall–Kier alpha value is -2.72. The lowest BCUT2D eigenvalue weighted by atomic mass is 10.2. The molecule has 0 spiro atoms. The number of sulfonamides is 1. The molecule has 1 aromatic heterocycles. The summed E-state index contributed by atoms with van der Waals surface area (Å²) in [5, 5.41) is 3.02. The van der Waals surface area contributed by atoms with E-state index in [0.29, 0.717) is 27.8 Å². The highest BCUT2D eigenvalue weighted by molar-refractivity contribution is 8.00. The molecule has 1 atom stereocenters. The molecule has 2 aromatic carbocycles. The van der Waals surface area contributed by atoms with Crippen LogP contribution in [0.5, 0.6) is 5.75 Å². The van der Waals surface area contributed by atoms with Gasteiger partial charge in [-0.2, -0.15) is 0 Å². The SMILES string of the molecule is COc1ccc(NS(=O)(=O)c2ccc3oc(S[C@@H](C)C(=O)NC4CCCC4)nc3c2)cc1. The van der Waals surface area contributed by atoms with E-state index in [1.165, 1.54) is 23.9 Å². The number of methoxy groups -OCH3 is 1. The van der Waals surface area contributed by atoms with Crippen LogP contribution >= 0.6 is 11.8 Å². The number of rotatable bonds is 8. The van der Waals surface area contributed by atoms with E-state index < -0.39 is 10.0 Å². The maximum absolute atomic E-state index is 12.8. The Kier molecular flexibility index (Phi) is 6.61. The molecule has 4 rings (SSSR count). The summed E-state index contributed by atoms with van der Waals surface area (Å²) in [6, 6.07) is 11.3. The van der Waals surface area contributed by atoms with Gasteiger partial charge in [0.25, 0.3) is 15.2 Å². The fraction of sp³-hybridized carbons (Fsp3) is 0.364. The van der Waals surface area contributed by atoms with E-state index in [0.717, 1.165) is 25.7 Å². The molecule has 0 saturated heterocycles. The number of hydrogen-bond acceptors (Lipinski definition) is 7. The van der Waals surface area contributed by atoms with Gasteiger partial charge in [0.05, 0.1) is 17.3 Å².